The van der Waals surface area contributed by atoms with E-state index in [0.29, 0.717) is 64.0 Å². The van der Waals surface area contributed by atoms with Gasteiger partial charge in [0.1, 0.15) is 5.75 Å². The Bertz CT molecular complexity index is 1160. The van der Waals surface area contributed by atoms with Gasteiger partial charge in [-0.25, -0.2) is 0 Å². The summed E-state index contributed by atoms with van der Waals surface area (Å²) in [5.41, 5.74) is 0.759. The van der Waals surface area contributed by atoms with Gasteiger partial charge in [-0.1, -0.05) is 38.1 Å². The molecule has 0 aliphatic carbocycles. The molecule has 2 aromatic rings. The zero-order chi connectivity index (χ0) is 32.1. The molecule has 0 bridgehead atoms. The Morgan fingerprint density at radius 3 is 2.14 bits per heavy atom. The number of ether oxygens (including phenoxy) is 1. The molecule has 2 fully saturated rings. The van der Waals surface area contributed by atoms with Crippen LogP contribution < -0.4 is 9.64 Å². The number of carboxylic acid groups (broad SMARTS) is 1. The highest BCUT2D eigenvalue weighted by molar-refractivity contribution is 5.76. The Morgan fingerprint density at radius 2 is 1.61 bits per heavy atom. The number of carbonyl (C=O) groups is 2. The quantitative estimate of drug-likeness (QED) is 0.295. The number of amides is 1. The van der Waals surface area contributed by atoms with Gasteiger partial charge in [-0.05, 0) is 93.9 Å². The predicted molar refractivity (Wildman–Crippen MR) is 167 cm³/mol. The molecule has 1 N–H and O–H groups in total. The number of para-hydroxylation sites is 1. The van der Waals surface area contributed by atoms with Crippen molar-refractivity contribution in [2.45, 2.75) is 70.9 Å². The highest BCUT2D eigenvalue weighted by Crippen LogP contribution is 2.40. The third-order valence-corrected chi connectivity index (χ3v) is 8.66. The van der Waals surface area contributed by atoms with Gasteiger partial charge in [0, 0.05) is 38.3 Å². The lowest BCUT2D eigenvalue weighted by molar-refractivity contribution is -0.142. The van der Waals surface area contributed by atoms with Gasteiger partial charge in [0.05, 0.1) is 18.6 Å². The molecule has 0 spiro atoms. The van der Waals surface area contributed by atoms with E-state index in [0.717, 1.165) is 49.9 Å². The number of methoxy groups -OCH3 is 1. The lowest BCUT2D eigenvalue weighted by Gasteiger charge is -2.37. The fraction of sp³-hybridized carbons (Fsp3) is 0.588. The number of aliphatic carboxylic acids is 1. The van der Waals surface area contributed by atoms with E-state index < -0.39 is 23.6 Å². The van der Waals surface area contributed by atoms with Crippen LogP contribution in [0.5, 0.6) is 5.75 Å². The Balaban J connectivity index is 0.000000572. The van der Waals surface area contributed by atoms with Crippen molar-refractivity contribution in [3.8, 4) is 5.75 Å². The summed E-state index contributed by atoms with van der Waals surface area (Å²) in [6.07, 6.45) is 0.291. The van der Waals surface area contributed by atoms with Gasteiger partial charge in [-0.15, -0.1) is 0 Å². The average molecular weight is 620 g/mol. The van der Waals surface area contributed by atoms with Crippen LogP contribution in [0, 0.1) is 5.92 Å². The third-order valence-electron chi connectivity index (χ3n) is 8.66. The second kappa shape index (κ2) is 17.3. The minimum atomic E-state index is -4.44. The van der Waals surface area contributed by atoms with Gasteiger partial charge in [0.15, 0.2) is 0 Å². The Hall–Kier alpha value is -3.27. The molecule has 0 saturated carbocycles. The first-order valence-corrected chi connectivity index (χ1v) is 15.8. The van der Waals surface area contributed by atoms with Gasteiger partial charge in [0.25, 0.3) is 0 Å². The number of anilines is 1. The Kier molecular flexibility index (Phi) is 13.8. The van der Waals surface area contributed by atoms with E-state index in [4.69, 9.17) is 4.74 Å². The number of carbonyl (C=O) groups excluding carboxylic acids is 1. The molecule has 2 aliphatic heterocycles. The summed E-state index contributed by atoms with van der Waals surface area (Å²) in [5.74, 6) is -0.152. The SMILES string of the molecule is CCCN(CC)CCCC(=O)N1CCC(c2ccc(C(F)(F)F)cc2N2CCC(C(=O)O)CC2)CC1.COc1ccccc1. The lowest BCUT2D eigenvalue weighted by atomic mass is 9.86. The first-order chi connectivity index (χ1) is 21.1. The van der Waals surface area contributed by atoms with Crippen molar-refractivity contribution in [2.75, 3.05) is 57.8 Å². The van der Waals surface area contributed by atoms with Crippen LogP contribution in [0.3, 0.4) is 0 Å². The number of rotatable bonds is 11. The molecule has 244 valence electrons. The molecule has 44 heavy (non-hydrogen) atoms. The number of likely N-dealkylation sites (tertiary alicyclic amines) is 1. The molecule has 2 aromatic carbocycles. The molecule has 0 atom stereocenters. The largest absolute Gasteiger partial charge is 0.497 e. The van der Waals surface area contributed by atoms with Gasteiger partial charge in [0.2, 0.25) is 5.91 Å². The van der Waals surface area contributed by atoms with Crippen molar-refractivity contribution >= 4 is 17.6 Å². The monoisotopic (exact) mass is 619 g/mol. The average Bonchev–Trinajstić information content (AvgIpc) is 3.04. The molecule has 2 aliphatic rings. The number of hydrogen-bond acceptors (Lipinski definition) is 5. The fourth-order valence-electron chi connectivity index (χ4n) is 6.06. The second-order valence-electron chi connectivity index (χ2n) is 11.6. The number of piperidine rings is 2. The molecule has 1 amide bonds. The zero-order valence-corrected chi connectivity index (χ0v) is 26.3. The van der Waals surface area contributed by atoms with Crippen LogP contribution in [0.4, 0.5) is 18.9 Å². The van der Waals surface area contributed by atoms with Gasteiger partial charge in [-0.2, -0.15) is 13.2 Å². The maximum atomic E-state index is 13.5. The van der Waals surface area contributed by atoms with Crippen molar-refractivity contribution in [3.63, 3.8) is 0 Å². The van der Waals surface area contributed by atoms with E-state index in [1.54, 1.807) is 13.2 Å². The van der Waals surface area contributed by atoms with Crippen LogP contribution in [-0.4, -0.2) is 79.7 Å². The van der Waals surface area contributed by atoms with E-state index in [9.17, 15) is 27.9 Å². The summed E-state index contributed by atoms with van der Waals surface area (Å²) in [7, 11) is 1.66. The number of halogens is 3. The van der Waals surface area contributed by atoms with Gasteiger partial charge < -0.3 is 24.5 Å². The molecule has 0 radical (unpaired) electrons. The maximum Gasteiger partial charge on any atom is 0.416 e. The van der Waals surface area contributed by atoms with Crippen molar-refractivity contribution in [1.82, 2.24) is 9.80 Å². The van der Waals surface area contributed by atoms with Crippen molar-refractivity contribution < 1.29 is 32.6 Å². The minimum absolute atomic E-state index is 0.0728. The van der Waals surface area contributed by atoms with Gasteiger partial charge in [-0.3, -0.25) is 9.59 Å². The van der Waals surface area contributed by atoms with E-state index in [1.807, 2.05) is 40.1 Å². The van der Waals surface area contributed by atoms with E-state index in [2.05, 4.69) is 18.7 Å². The highest BCUT2D eigenvalue weighted by Gasteiger charge is 2.34. The Labute approximate surface area is 260 Å². The molecule has 2 heterocycles. The number of carboxylic acids is 1. The zero-order valence-electron chi connectivity index (χ0n) is 26.3. The van der Waals surface area contributed by atoms with Crippen LogP contribution >= 0.6 is 0 Å². The molecule has 0 unspecified atom stereocenters. The van der Waals surface area contributed by atoms with Crippen LogP contribution in [0.15, 0.2) is 48.5 Å². The third kappa shape index (κ3) is 10.4. The number of benzene rings is 2. The number of hydrogen-bond donors (Lipinski definition) is 1. The van der Waals surface area contributed by atoms with E-state index in [1.165, 1.54) is 6.07 Å². The standard InChI is InChI=1S/C27H40F3N3O3.C7H8O/c1-3-13-31(4-2)14-5-6-25(34)33-17-9-20(10-18-33)23-8-7-22(27(28,29)30)19-24(23)32-15-11-21(12-16-32)26(35)36;1-8-7-5-3-2-4-6-7/h7-8,19-21H,3-6,9-18H2,1-2H3,(H,35,36);2-6H,1H3. The summed E-state index contributed by atoms with van der Waals surface area (Å²) in [5, 5.41) is 9.29. The maximum absolute atomic E-state index is 13.5. The molecular formula is C34H48F3N3O4. The van der Waals surface area contributed by atoms with Gasteiger partial charge >= 0.3 is 12.1 Å². The van der Waals surface area contributed by atoms with Crippen molar-refractivity contribution in [1.29, 1.82) is 0 Å². The molecule has 4 rings (SSSR count). The molecule has 2 saturated heterocycles. The van der Waals surface area contributed by atoms with Crippen LogP contribution in [0.25, 0.3) is 0 Å². The van der Waals surface area contributed by atoms with E-state index in [-0.39, 0.29) is 11.8 Å². The van der Waals surface area contributed by atoms with E-state index >= 15 is 0 Å². The molecule has 0 aromatic heterocycles. The van der Waals surface area contributed by atoms with Crippen LogP contribution in [-0.2, 0) is 15.8 Å². The summed E-state index contributed by atoms with van der Waals surface area (Å²) in [6, 6.07) is 13.6. The second-order valence-corrected chi connectivity index (χ2v) is 11.6. The summed E-state index contributed by atoms with van der Waals surface area (Å²) >= 11 is 0. The first kappa shape index (κ1) is 35.2. The van der Waals surface area contributed by atoms with Crippen molar-refractivity contribution in [2.24, 2.45) is 5.92 Å². The minimum Gasteiger partial charge on any atom is -0.497 e. The fourth-order valence-corrected chi connectivity index (χ4v) is 6.06. The predicted octanol–water partition coefficient (Wildman–Crippen LogP) is 6.92. The van der Waals surface area contributed by atoms with Crippen LogP contribution in [0.1, 0.15) is 75.8 Å². The highest BCUT2D eigenvalue weighted by atomic mass is 19.4. The topological polar surface area (TPSA) is 73.3 Å². The first-order valence-electron chi connectivity index (χ1n) is 15.8. The smallest absolute Gasteiger partial charge is 0.416 e. The summed E-state index contributed by atoms with van der Waals surface area (Å²) in [4.78, 5) is 30.2. The molecule has 10 heteroatoms. The normalized spacial score (nSPS) is 16.4. The number of nitrogens with zero attached hydrogens (tertiary/aromatic N) is 3. The van der Waals surface area contributed by atoms with Crippen molar-refractivity contribution in [3.05, 3.63) is 59.7 Å². The molecular weight excluding hydrogens is 571 g/mol. The van der Waals surface area contributed by atoms with Crippen LogP contribution in [0.2, 0.25) is 0 Å². The molecule has 7 nitrogen and oxygen atoms in total. The Morgan fingerprint density at radius 1 is 0.955 bits per heavy atom. The summed E-state index contributed by atoms with van der Waals surface area (Å²) in [6.45, 7) is 9.29. The lowest BCUT2D eigenvalue weighted by Crippen LogP contribution is -2.39. The summed E-state index contributed by atoms with van der Waals surface area (Å²) < 4.78 is 45.4. The number of alkyl halides is 3.